The van der Waals surface area contributed by atoms with Crippen molar-refractivity contribution in [2.24, 2.45) is 0 Å². The van der Waals surface area contributed by atoms with Crippen molar-refractivity contribution in [2.75, 3.05) is 12.4 Å². The van der Waals surface area contributed by atoms with Gasteiger partial charge in [0.2, 0.25) is 0 Å². The molecule has 0 unspecified atom stereocenters. The molecule has 0 aliphatic heterocycles. The predicted molar refractivity (Wildman–Crippen MR) is 101 cm³/mol. The van der Waals surface area contributed by atoms with E-state index in [2.05, 4.69) is 5.32 Å². The van der Waals surface area contributed by atoms with Gasteiger partial charge < -0.3 is 24.7 Å². The quantitative estimate of drug-likeness (QED) is 0.590. The van der Waals surface area contributed by atoms with Gasteiger partial charge in [-0.25, -0.2) is 4.79 Å². The number of aromatic carboxylic acids is 1. The summed E-state index contributed by atoms with van der Waals surface area (Å²) < 4.78 is 10.3. The normalized spacial score (nSPS) is 9.96. The molecular formula is C19H16NNaO6. The number of phenols is 1. The number of hydrogen-bond acceptors (Lipinski definition) is 5. The molecule has 0 atom stereocenters. The van der Waals surface area contributed by atoms with Crippen LogP contribution in [-0.4, -0.2) is 58.8 Å². The SMILES string of the molecule is COc1ccc(O)c(C(=O)Nc2cc(-c3ccco3)ccc2C(=O)O)c1.[NaH]. The number of carboxylic acid groups (broad SMARTS) is 1. The summed E-state index contributed by atoms with van der Waals surface area (Å²) in [6.45, 7) is 0. The second-order valence-electron chi connectivity index (χ2n) is 5.38. The first kappa shape index (κ1) is 20.6. The number of carbonyl (C=O) groups is 2. The molecule has 0 spiro atoms. The summed E-state index contributed by atoms with van der Waals surface area (Å²) >= 11 is 0. The Balaban J connectivity index is 0.00000261. The van der Waals surface area contributed by atoms with Gasteiger partial charge in [0, 0.05) is 5.56 Å². The van der Waals surface area contributed by atoms with Crippen LogP contribution in [0.1, 0.15) is 20.7 Å². The maximum absolute atomic E-state index is 12.5. The molecule has 8 heteroatoms. The second kappa shape index (κ2) is 8.77. The van der Waals surface area contributed by atoms with Gasteiger partial charge in [-0.3, -0.25) is 4.79 Å². The van der Waals surface area contributed by atoms with Crippen molar-refractivity contribution in [1.82, 2.24) is 0 Å². The van der Waals surface area contributed by atoms with Crippen LogP contribution < -0.4 is 10.1 Å². The Morgan fingerprint density at radius 3 is 2.48 bits per heavy atom. The molecule has 1 amide bonds. The molecule has 1 aromatic heterocycles. The number of rotatable bonds is 5. The van der Waals surface area contributed by atoms with E-state index in [1.54, 1.807) is 18.2 Å². The van der Waals surface area contributed by atoms with Gasteiger partial charge in [0.05, 0.1) is 30.2 Å². The van der Waals surface area contributed by atoms with Crippen LogP contribution in [0.25, 0.3) is 11.3 Å². The van der Waals surface area contributed by atoms with Crippen molar-refractivity contribution >= 4 is 47.1 Å². The van der Waals surface area contributed by atoms with Crippen LogP contribution in [0.2, 0.25) is 0 Å². The molecule has 0 aliphatic rings. The van der Waals surface area contributed by atoms with Crippen molar-refractivity contribution in [2.45, 2.75) is 0 Å². The molecule has 134 valence electrons. The number of ether oxygens (including phenoxy) is 1. The summed E-state index contributed by atoms with van der Waals surface area (Å²) in [4.78, 5) is 24.0. The Labute approximate surface area is 176 Å². The van der Waals surface area contributed by atoms with Gasteiger partial charge in [0.1, 0.15) is 17.3 Å². The van der Waals surface area contributed by atoms with E-state index in [9.17, 15) is 19.8 Å². The second-order valence-corrected chi connectivity index (χ2v) is 5.38. The number of carboxylic acids is 1. The molecule has 7 nitrogen and oxygen atoms in total. The molecule has 0 saturated heterocycles. The van der Waals surface area contributed by atoms with Crippen LogP contribution in [0.3, 0.4) is 0 Å². The monoisotopic (exact) mass is 377 g/mol. The summed E-state index contributed by atoms with van der Waals surface area (Å²) in [6, 6.07) is 12.1. The van der Waals surface area contributed by atoms with E-state index in [0.29, 0.717) is 17.1 Å². The minimum absolute atomic E-state index is 0. The van der Waals surface area contributed by atoms with Crippen molar-refractivity contribution in [3.05, 3.63) is 65.9 Å². The van der Waals surface area contributed by atoms with Crippen LogP contribution in [0.5, 0.6) is 11.5 Å². The van der Waals surface area contributed by atoms with E-state index in [0.717, 1.165) is 0 Å². The van der Waals surface area contributed by atoms with Gasteiger partial charge in [0.25, 0.3) is 5.91 Å². The van der Waals surface area contributed by atoms with Crippen molar-refractivity contribution in [3.63, 3.8) is 0 Å². The Hall–Kier alpha value is -2.74. The van der Waals surface area contributed by atoms with E-state index in [1.165, 1.54) is 43.7 Å². The van der Waals surface area contributed by atoms with Crippen molar-refractivity contribution in [3.8, 4) is 22.8 Å². The number of furan rings is 1. The molecule has 3 N–H and O–H groups in total. The van der Waals surface area contributed by atoms with Crippen LogP contribution >= 0.6 is 0 Å². The number of amides is 1. The number of methoxy groups -OCH3 is 1. The Morgan fingerprint density at radius 1 is 1.07 bits per heavy atom. The zero-order chi connectivity index (χ0) is 18.7. The number of anilines is 1. The van der Waals surface area contributed by atoms with E-state index in [1.807, 2.05) is 0 Å². The number of phenolic OH excluding ortho intramolecular Hbond substituents is 1. The van der Waals surface area contributed by atoms with Gasteiger partial charge in [-0.1, -0.05) is 6.07 Å². The molecule has 3 rings (SSSR count). The van der Waals surface area contributed by atoms with E-state index in [4.69, 9.17) is 9.15 Å². The first-order valence-electron chi connectivity index (χ1n) is 7.59. The molecule has 0 aliphatic carbocycles. The Bertz CT molecular complexity index is 968. The molecule has 0 bridgehead atoms. The first-order chi connectivity index (χ1) is 12.5. The molecule has 0 fully saturated rings. The number of carbonyl (C=O) groups excluding carboxylic acids is 1. The maximum atomic E-state index is 12.5. The molecular weight excluding hydrogens is 361 g/mol. The van der Waals surface area contributed by atoms with Gasteiger partial charge in [-0.2, -0.15) is 0 Å². The van der Waals surface area contributed by atoms with Crippen LogP contribution in [0, 0.1) is 0 Å². The van der Waals surface area contributed by atoms with Gasteiger partial charge in [0.15, 0.2) is 0 Å². The van der Waals surface area contributed by atoms with Crippen LogP contribution in [0.4, 0.5) is 5.69 Å². The fourth-order valence-electron chi connectivity index (χ4n) is 2.44. The standard InChI is InChI=1S/C19H15NO6.Na.H/c1-25-12-5-7-16(21)14(10-12)18(22)20-15-9-11(17-3-2-8-26-17)4-6-13(15)19(23)24;;/h2-10,21H,1H3,(H,20,22)(H,23,24);;. The van der Waals surface area contributed by atoms with Crippen LogP contribution in [0.15, 0.2) is 59.2 Å². The molecule has 27 heavy (non-hydrogen) atoms. The minimum atomic E-state index is -1.19. The number of hydrogen-bond donors (Lipinski definition) is 3. The average Bonchev–Trinajstić information content (AvgIpc) is 3.16. The zero-order valence-corrected chi connectivity index (χ0v) is 13.7. The van der Waals surface area contributed by atoms with Crippen molar-refractivity contribution in [1.29, 1.82) is 0 Å². The average molecular weight is 377 g/mol. The molecule has 0 saturated carbocycles. The summed E-state index contributed by atoms with van der Waals surface area (Å²) in [5, 5.41) is 21.8. The number of aromatic hydroxyl groups is 1. The van der Waals surface area contributed by atoms with E-state index < -0.39 is 11.9 Å². The van der Waals surface area contributed by atoms with Gasteiger partial charge in [-0.05, 0) is 42.5 Å². The van der Waals surface area contributed by atoms with E-state index in [-0.39, 0.29) is 52.1 Å². The predicted octanol–water partition coefficient (Wildman–Crippen LogP) is 2.96. The fraction of sp³-hybridized carbons (Fsp3) is 0.0526. The third-order valence-corrected chi connectivity index (χ3v) is 3.75. The summed E-state index contributed by atoms with van der Waals surface area (Å²) in [7, 11) is 1.43. The Morgan fingerprint density at radius 2 is 1.85 bits per heavy atom. The van der Waals surface area contributed by atoms with Crippen LogP contribution in [-0.2, 0) is 0 Å². The topological polar surface area (TPSA) is 109 Å². The van der Waals surface area contributed by atoms with Gasteiger partial charge >= 0.3 is 35.5 Å². The van der Waals surface area contributed by atoms with Crippen molar-refractivity contribution < 1.29 is 29.0 Å². The number of benzene rings is 2. The zero-order valence-electron chi connectivity index (χ0n) is 13.7. The third kappa shape index (κ3) is 4.51. The van der Waals surface area contributed by atoms with E-state index >= 15 is 0 Å². The van der Waals surface area contributed by atoms with Gasteiger partial charge in [-0.15, -0.1) is 0 Å². The molecule has 3 aromatic rings. The number of nitrogens with one attached hydrogen (secondary N) is 1. The summed E-state index contributed by atoms with van der Waals surface area (Å²) in [6.07, 6.45) is 1.49. The molecule has 0 radical (unpaired) electrons. The Kier molecular flexibility index (Phi) is 6.68. The molecule has 2 aromatic carbocycles. The fourth-order valence-corrected chi connectivity index (χ4v) is 2.44. The third-order valence-electron chi connectivity index (χ3n) is 3.75. The summed E-state index contributed by atoms with van der Waals surface area (Å²) in [5.41, 5.74) is 0.559. The molecule has 1 heterocycles. The first-order valence-corrected chi connectivity index (χ1v) is 7.59. The summed E-state index contributed by atoms with van der Waals surface area (Å²) in [5.74, 6) is -1.19.